The molecule has 0 aliphatic heterocycles. The maximum atomic E-state index is 5.56. The van der Waals surface area contributed by atoms with Crippen LogP contribution in [0.5, 0.6) is 0 Å². The fourth-order valence-electron chi connectivity index (χ4n) is 9.58. The Kier molecular flexibility index (Phi) is 5.60. The van der Waals surface area contributed by atoms with Crippen LogP contribution in [0.4, 0.5) is 0 Å². The first-order valence-corrected chi connectivity index (χ1v) is 17.7. The van der Waals surface area contributed by atoms with Crippen LogP contribution in [0.15, 0.2) is 140 Å². The van der Waals surface area contributed by atoms with E-state index in [0.717, 1.165) is 41.0 Å². The fourth-order valence-corrected chi connectivity index (χ4v) is 9.58. The Morgan fingerprint density at radius 3 is 2.06 bits per heavy atom. The van der Waals surface area contributed by atoms with Crippen molar-refractivity contribution in [2.24, 2.45) is 0 Å². The molecule has 2 aromatic heterocycles. The number of nitrogens with zero attached hydrogens (tertiary/aromatic N) is 3. The Hall–Kier alpha value is -5.80. The molecule has 3 heteroatoms. The number of aromatic nitrogens is 3. The van der Waals surface area contributed by atoms with Gasteiger partial charge >= 0.3 is 0 Å². The summed E-state index contributed by atoms with van der Waals surface area (Å²) in [5, 5.41) is 8.71. The Bertz CT molecular complexity index is 2800. The molecule has 0 bridgehead atoms. The summed E-state index contributed by atoms with van der Waals surface area (Å²) in [5.74, 6) is 0.730. The van der Waals surface area contributed by atoms with Gasteiger partial charge in [-0.1, -0.05) is 153 Å². The topological polar surface area (TPSA) is 30.7 Å². The first-order valence-electron chi connectivity index (χ1n) is 17.7. The van der Waals surface area contributed by atoms with Crippen LogP contribution in [0.25, 0.3) is 82.6 Å². The third-order valence-electron chi connectivity index (χ3n) is 11.5. The number of para-hydroxylation sites is 1. The largest absolute Gasteiger partial charge is 0.277 e. The van der Waals surface area contributed by atoms with Gasteiger partial charge < -0.3 is 0 Å². The van der Waals surface area contributed by atoms with Crippen molar-refractivity contribution < 1.29 is 0 Å². The van der Waals surface area contributed by atoms with Gasteiger partial charge in [-0.25, -0.2) is 9.97 Å². The van der Waals surface area contributed by atoms with Crippen molar-refractivity contribution in [1.29, 1.82) is 0 Å². The van der Waals surface area contributed by atoms with Crippen molar-refractivity contribution in [1.82, 2.24) is 14.5 Å². The summed E-state index contributed by atoms with van der Waals surface area (Å²) in [6.45, 7) is 0. The van der Waals surface area contributed by atoms with E-state index in [1.54, 1.807) is 0 Å². The molecule has 0 radical (unpaired) electrons. The van der Waals surface area contributed by atoms with E-state index >= 15 is 0 Å². The average Bonchev–Trinajstić information content (AvgIpc) is 3.66. The summed E-state index contributed by atoms with van der Waals surface area (Å²) in [5.41, 5.74) is 11.2. The molecule has 0 N–H and O–H groups in total. The summed E-state index contributed by atoms with van der Waals surface area (Å²) in [4.78, 5) is 11.0. The molecule has 2 aliphatic rings. The second-order valence-corrected chi connectivity index (χ2v) is 14.0. The second-order valence-electron chi connectivity index (χ2n) is 14.0. The summed E-state index contributed by atoms with van der Waals surface area (Å²) in [6, 6.07) is 50.9. The maximum absolute atomic E-state index is 5.56. The minimum atomic E-state index is -0.0620. The number of hydrogen-bond donors (Lipinski definition) is 0. The van der Waals surface area contributed by atoms with Crippen LogP contribution in [-0.2, 0) is 5.41 Å². The van der Waals surface area contributed by atoms with Crippen LogP contribution in [-0.4, -0.2) is 14.5 Å². The van der Waals surface area contributed by atoms with Gasteiger partial charge in [0.25, 0.3) is 0 Å². The molecule has 0 unspecified atom stereocenters. The van der Waals surface area contributed by atoms with Crippen LogP contribution in [0.1, 0.15) is 43.2 Å². The molecule has 9 aromatic rings. The highest BCUT2D eigenvalue weighted by atomic mass is 15.2. The molecule has 2 aliphatic carbocycles. The van der Waals surface area contributed by atoms with Crippen LogP contribution >= 0.6 is 0 Å². The number of fused-ring (bicyclic) bond motifs is 15. The van der Waals surface area contributed by atoms with E-state index in [2.05, 4.69) is 144 Å². The van der Waals surface area contributed by atoms with E-state index in [-0.39, 0.29) is 5.41 Å². The Balaban J connectivity index is 1.42. The standard InChI is InChI=1S/C46H33N3/c1-3-16-30(17-4-1)42-35-22-10-12-24-38(35)47-45(48-42)49-43-31-18-6-5-15-29(31)25-26-36(43)40-33-20-8-7-19-32(33)39-34-21-9-11-23-37(34)46(41(39)44(40)49)27-13-2-14-28-46/h1,3-12,15-26H,2,13-14,27-28H2. The minimum Gasteiger partial charge on any atom is -0.277 e. The normalized spacial score (nSPS) is 15.1. The van der Waals surface area contributed by atoms with Gasteiger partial charge in [0, 0.05) is 32.5 Å². The lowest BCUT2D eigenvalue weighted by atomic mass is 9.67. The maximum Gasteiger partial charge on any atom is 0.235 e. The number of benzene rings is 7. The number of hydrogen-bond acceptors (Lipinski definition) is 2. The van der Waals surface area contributed by atoms with Crippen molar-refractivity contribution in [3.05, 3.63) is 151 Å². The molecule has 0 atom stereocenters. The fraction of sp³-hybridized carbons (Fsp3) is 0.130. The van der Waals surface area contributed by atoms with E-state index < -0.39 is 0 Å². The molecule has 0 saturated heterocycles. The summed E-state index contributed by atoms with van der Waals surface area (Å²) < 4.78 is 2.47. The van der Waals surface area contributed by atoms with Crippen LogP contribution in [0.3, 0.4) is 0 Å². The van der Waals surface area contributed by atoms with Gasteiger partial charge in [-0.05, 0) is 57.3 Å². The Morgan fingerprint density at radius 2 is 1.20 bits per heavy atom. The zero-order valence-electron chi connectivity index (χ0n) is 27.2. The summed E-state index contributed by atoms with van der Waals surface area (Å²) in [7, 11) is 0. The molecule has 1 saturated carbocycles. The van der Waals surface area contributed by atoms with Gasteiger partial charge in [0.2, 0.25) is 5.95 Å². The van der Waals surface area contributed by atoms with E-state index in [4.69, 9.17) is 9.97 Å². The van der Waals surface area contributed by atoms with Crippen molar-refractivity contribution >= 4 is 54.3 Å². The van der Waals surface area contributed by atoms with E-state index in [1.165, 1.54) is 84.9 Å². The quantitative estimate of drug-likeness (QED) is 0.191. The summed E-state index contributed by atoms with van der Waals surface area (Å²) in [6.07, 6.45) is 6.06. The van der Waals surface area contributed by atoms with Gasteiger partial charge in [-0.2, -0.15) is 0 Å². The van der Waals surface area contributed by atoms with Crippen LogP contribution in [0.2, 0.25) is 0 Å². The Labute approximate surface area is 284 Å². The summed E-state index contributed by atoms with van der Waals surface area (Å²) >= 11 is 0. The zero-order chi connectivity index (χ0) is 32.1. The van der Waals surface area contributed by atoms with Crippen molar-refractivity contribution in [2.45, 2.75) is 37.5 Å². The molecular formula is C46H33N3. The third-order valence-corrected chi connectivity index (χ3v) is 11.5. The molecule has 49 heavy (non-hydrogen) atoms. The van der Waals surface area contributed by atoms with E-state index in [1.807, 2.05) is 0 Å². The lowest BCUT2D eigenvalue weighted by Gasteiger charge is -2.36. The van der Waals surface area contributed by atoms with Gasteiger partial charge in [0.15, 0.2) is 0 Å². The molecule has 0 amide bonds. The molecule has 1 spiro atoms. The lowest BCUT2D eigenvalue weighted by molar-refractivity contribution is 0.354. The highest BCUT2D eigenvalue weighted by molar-refractivity contribution is 6.30. The first kappa shape index (κ1) is 27.2. The number of rotatable bonds is 2. The lowest BCUT2D eigenvalue weighted by Crippen LogP contribution is -2.28. The van der Waals surface area contributed by atoms with E-state index in [9.17, 15) is 0 Å². The van der Waals surface area contributed by atoms with Gasteiger partial charge in [0.05, 0.1) is 22.2 Å². The second kappa shape index (κ2) is 10.1. The average molecular weight is 628 g/mol. The molecule has 3 nitrogen and oxygen atoms in total. The van der Waals surface area contributed by atoms with Crippen LogP contribution < -0.4 is 0 Å². The van der Waals surface area contributed by atoms with Crippen molar-refractivity contribution in [3.63, 3.8) is 0 Å². The Morgan fingerprint density at radius 1 is 0.510 bits per heavy atom. The van der Waals surface area contributed by atoms with Crippen LogP contribution in [0, 0.1) is 0 Å². The molecule has 7 aromatic carbocycles. The molecular weight excluding hydrogens is 595 g/mol. The molecule has 1 fully saturated rings. The third kappa shape index (κ3) is 3.62. The highest BCUT2D eigenvalue weighted by Gasteiger charge is 2.47. The smallest absolute Gasteiger partial charge is 0.235 e. The van der Waals surface area contributed by atoms with Gasteiger partial charge in [-0.3, -0.25) is 4.57 Å². The molecule has 232 valence electrons. The predicted molar refractivity (Wildman–Crippen MR) is 204 cm³/mol. The monoisotopic (exact) mass is 627 g/mol. The van der Waals surface area contributed by atoms with Gasteiger partial charge in [0.1, 0.15) is 0 Å². The minimum absolute atomic E-state index is 0.0620. The first-order chi connectivity index (χ1) is 24.3. The zero-order valence-corrected chi connectivity index (χ0v) is 27.2. The van der Waals surface area contributed by atoms with E-state index in [0.29, 0.717) is 0 Å². The van der Waals surface area contributed by atoms with Crippen molar-refractivity contribution in [3.8, 4) is 28.3 Å². The SMILES string of the molecule is c1ccc(-c2nc(-n3c4c5c(c6ccccc6c4c4ccc6ccccc6c43)-c3ccccc3C53CCCCC3)nc3ccccc23)cc1. The molecule has 11 rings (SSSR count). The molecule has 2 heterocycles. The van der Waals surface area contributed by atoms with Gasteiger partial charge in [-0.15, -0.1) is 0 Å². The highest BCUT2D eigenvalue weighted by Crippen LogP contribution is 2.61. The predicted octanol–water partition coefficient (Wildman–Crippen LogP) is 11.9. The van der Waals surface area contributed by atoms with Crippen molar-refractivity contribution in [2.75, 3.05) is 0 Å².